The highest BCUT2D eigenvalue weighted by atomic mass is 19.1. The van der Waals surface area contributed by atoms with Crippen LogP contribution in [-0.4, -0.2) is 19.5 Å². The van der Waals surface area contributed by atoms with Gasteiger partial charge in [0.2, 0.25) is 0 Å². The van der Waals surface area contributed by atoms with Crippen molar-refractivity contribution >= 4 is 21.8 Å². The highest BCUT2D eigenvalue weighted by Gasteiger charge is 2.15. The second-order valence-electron chi connectivity index (χ2n) is 6.90. The molecule has 0 N–H and O–H groups in total. The van der Waals surface area contributed by atoms with Crippen LogP contribution in [0, 0.1) is 11.6 Å². The number of fused-ring (bicyclic) bond motifs is 2. The van der Waals surface area contributed by atoms with Crippen molar-refractivity contribution in [2.75, 3.05) is 0 Å². The van der Waals surface area contributed by atoms with E-state index in [1.807, 2.05) is 24.3 Å². The largest absolute Gasteiger partial charge is 0.299 e. The minimum absolute atomic E-state index is 0.195. The summed E-state index contributed by atoms with van der Waals surface area (Å²) >= 11 is 0. The molecule has 30 heavy (non-hydrogen) atoms. The summed E-state index contributed by atoms with van der Waals surface area (Å²) in [7, 11) is 0. The third-order valence-electron chi connectivity index (χ3n) is 5.08. The lowest BCUT2D eigenvalue weighted by atomic mass is 10.0. The van der Waals surface area contributed by atoms with Gasteiger partial charge >= 0.3 is 0 Å². The zero-order valence-electron chi connectivity index (χ0n) is 15.6. The summed E-state index contributed by atoms with van der Waals surface area (Å²) in [5, 5.41) is 1.87. The van der Waals surface area contributed by atoms with Crippen LogP contribution in [0.3, 0.4) is 0 Å². The second-order valence-corrected chi connectivity index (χ2v) is 6.90. The van der Waals surface area contributed by atoms with Gasteiger partial charge in [-0.15, -0.1) is 0 Å². The molecule has 3 aromatic heterocycles. The van der Waals surface area contributed by atoms with Gasteiger partial charge in [-0.3, -0.25) is 19.3 Å². The van der Waals surface area contributed by atoms with E-state index in [1.54, 1.807) is 24.7 Å². The maximum atomic E-state index is 14.9. The van der Waals surface area contributed by atoms with Gasteiger partial charge in [0.15, 0.2) is 0 Å². The lowest BCUT2D eigenvalue weighted by Gasteiger charge is -2.12. The molecule has 0 amide bonds. The Morgan fingerprint density at radius 3 is 2.40 bits per heavy atom. The van der Waals surface area contributed by atoms with Crippen LogP contribution >= 0.6 is 0 Å². The highest BCUT2D eigenvalue weighted by molar-refractivity contribution is 5.86. The monoisotopic (exact) mass is 400 g/mol. The topological polar surface area (TPSA) is 60.7 Å². The summed E-state index contributed by atoms with van der Waals surface area (Å²) < 4.78 is 31.1. The molecule has 0 bridgehead atoms. The van der Waals surface area contributed by atoms with Crippen LogP contribution in [0.15, 0.2) is 78.2 Å². The fourth-order valence-corrected chi connectivity index (χ4v) is 3.52. The van der Waals surface area contributed by atoms with Gasteiger partial charge in [0.05, 0.1) is 30.0 Å². The summed E-state index contributed by atoms with van der Waals surface area (Å²) in [6.07, 6.45) is 7.52. The molecule has 0 atom stereocenters. The van der Waals surface area contributed by atoms with Crippen LogP contribution in [0.4, 0.5) is 8.78 Å². The molecule has 0 aliphatic heterocycles. The number of rotatable bonds is 3. The Labute approximate surface area is 169 Å². The highest BCUT2D eigenvalue weighted by Crippen LogP contribution is 2.28. The van der Waals surface area contributed by atoms with Crippen molar-refractivity contribution in [3.8, 4) is 11.1 Å². The first-order valence-electron chi connectivity index (χ1n) is 9.22. The molecule has 0 unspecified atom stereocenters. The van der Waals surface area contributed by atoms with Crippen molar-refractivity contribution in [2.24, 2.45) is 0 Å². The molecule has 0 saturated heterocycles. The Morgan fingerprint density at radius 1 is 0.800 bits per heavy atom. The number of pyridine rings is 2. The molecule has 0 radical (unpaired) electrons. The maximum absolute atomic E-state index is 14.9. The minimum atomic E-state index is -0.725. The fraction of sp³-hybridized carbons (Fsp3) is 0.0435. The summed E-state index contributed by atoms with van der Waals surface area (Å²) in [5.74, 6) is -1.45. The molecule has 5 aromatic rings. The van der Waals surface area contributed by atoms with E-state index in [0.717, 1.165) is 17.0 Å². The van der Waals surface area contributed by atoms with E-state index in [1.165, 1.54) is 22.9 Å². The normalized spacial score (nSPS) is 11.3. The Hall–Kier alpha value is -4.00. The van der Waals surface area contributed by atoms with Crippen molar-refractivity contribution in [1.29, 1.82) is 0 Å². The number of aromatic nitrogens is 4. The Morgan fingerprint density at radius 2 is 1.57 bits per heavy atom. The van der Waals surface area contributed by atoms with Crippen molar-refractivity contribution in [1.82, 2.24) is 19.5 Å². The Bertz CT molecular complexity index is 1460. The quantitative estimate of drug-likeness (QED) is 0.452. The van der Waals surface area contributed by atoms with Crippen molar-refractivity contribution in [3.05, 3.63) is 101 Å². The molecular weight excluding hydrogens is 386 g/mol. The number of hydrogen-bond donors (Lipinski definition) is 0. The molecule has 3 heterocycles. The summed E-state index contributed by atoms with van der Waals surface area (Å²) in [4.78, 5) is 24.4. The van der Waals surface area contributed by atoms with E-state index in [9.17, 15) is 13.6 Å². The van der Waals surface area contributed by atoms with Gasteiger partial charge < -0.3 is 0 Å². The van der Waals surface area contributed by atoms with Crippen LogP contribution < -0.4 is 5.56 Å². The van der Waals surface area contributed by atoms with Gasteiger partial charge in [-0.2, -0.15) is 0 Å². The van der Waals surface area contributed by atoms with Crippen LogP contribution in [-0.2, 0) is 6.54 Å². The van der Waals surface area contributed by atoms with Gasteiger partial charge in [-0.05, 0) is 46.8 Å². The first kappa shape index (κ1) is 18.1. The predicted octanol–water partition coefficient (Wildman–Crippen LogP) is 4.33. The molecule has 5 rings (SSSR count). The average Bonchev–Trinajstić information content (AvgIpc) is 2.77. The summed E-state index contributed by atoms with van der Waals surface area (Å²) in [6, 6.07) is 11.6. The molecule has 0 spiro atoms. The molecule has 0 fully saturated rings. The maximum Gasteiger partial charge on any atom is 0.269 e. The van der Waals surface area contributed by atoms with Crippen molar-refractivity contribution < 1.29 is 8.78 Å². The van der Waals surface area contributed by atoms with Gasteiger partial charge in [-0.1, -0.05) is 12.1 Å². The van der Waals surface area contributed by atoms with E-state index in [4.69, 9.17) is 0 Å². The fourth-order valence-electron chi connectivity index (χ4n) is 3.52. The summed E-state index contributed by atoms with van der Waals surface area (Å²) in [6.45, 7) is -0.261. The number of hydrogen-bond acceptors (Lipinski definition) is 4. The standard InChI is InChI=1S/C23H14F2N4O/c24-19-8-16(15-2-1-14-3-5-26-10-17(14)7-15)9-20(25)18(19)13-29-22-11-27-6-4-21(22)28-12-23(29)30/h1-12H,13H2. The zero-order chi connectivity index (χ0) is 20.7. The number of benzene rings is 2. The van der Waals surface area contributed by atoms with Crippen LogP contribution in [0.1, 0.15) is 5.56 Å². The minimum Gasteiger partial charge on any atom is -0.299 e. The molecule has 0 saturated carbocycles. The van der Waals surface area contributed by atoms with Gasteiger partial charge in [-0.25, -0.2) is 13.8 Å². The average molecular weight is 400 g/mol. The van der Waals surface area contributed by atoms with Gasteiger partial charge in [0.25, 0.3) is 5.56 Å². The van der Waals surface area contributed by atoms with Crippen molar-refractivity contribution in [3.63, 3.8) is 0 Å². The Kier molecular flexibility index (Phi) is 4.28. The first-order valence-corrected chi connectivity index (χ1v) is 9.22. The van der Waals surface area contributed by atoms with Crippen LogP contribution in [0.2, 0.25) is 0 Å². The van der Waals surface area contributed by atoms with Crippen molar-refractivity contribution in [2.45, 2.75) is 6.54 Å². The second kappa shape index (κ2) is 7.11. The molecule has 7 heteroatoms. The number of nitrogens with zero attached hydrogens (tertiary/aromatic N) is 4. The third kappa shape index (κ3) is 3.10. The SMILES string of the molecule is O=c1cnc2ccncc2n1Cc1c(F)cc(-c2ccc3ccncc3c2)cc1F. The van der Waals surface area contributed by atoms with Crippen LogP contribution in [0.25, 0.3) is 32.9 Å². The third-order valence-corrected chi connectivity index (χ3v) is 5.08. The van der Waals surface area contributed by atoms with E-state index in [-0.39, 0.29) is 12.1 Å². The molecule has 0 aliphatic carbocycles. The lowest BCUT2D eigenvalue weighted by molar-refractivity contribution is 0.545. The van der Waals surface area contributed by atoms with Gasteiger partial charge in [0, 0.05) is 29.5 Å². The molecule has 146 valence electrons. The van der Waals surface area contributed by atoms with E-state index >= 15 is 0 Å². The zero-order valence-corrected chi connectivity index (χ0v) is 15.6. The summed E-state index contributed by atoms with van der Waals surface area (Å²) in [5.41, 5.74) is 1.37. The molecular formula is C23H14F2N4O. The Balaban J connectivity index is 1.58. The van der Waals surface area contributed by atoms with E-state index < -0.39 is 17.2 Å². The van der Waals surface area contributed by atoms with E-state index in [0.29, 0.717) is 22.2 Å². The van der Waals surface area contributed by atoms with Crippen LogP contribution in [0.5, 0.6) is 0 Å². The lowest BCUT2D eigenvalue weighted by Crippen LogP contribution is -2.22. The van der Waals surface area contributed by atoms with E-state index in [2.05, 4.69) is 15.0 Å². The molecule has 0 aliphatic rings. The first-order chi connectivity index (χ1) is 14.6. The predicted molar refractivity (Wildman–Crippen MR) is 110 cm³/mol. The molecule has 5 nitrogen and oxygen atoms in total. The number of halogens is 2. The molecule has 2 aromatic carbocycles. The van der Waals surface area contributed by atoms with Gasteiger partial charge in [0.1, 0.15) is 11.6 Å². The smallest absolute Gasteiger partial charge is 0.269 e.